The number of nitrogens with one attached hydrogen (secondary N) is 1. The molecule has 2 aromatic heterocycles. The number of nitrogens with zero attached hydrogens (tertiary/aromatic N) is 3. The number of hydrogen-bond acceptors (Lipinski definition) is 7. The molecule has 8 nitrogen and oxygen atoms in total. The smallest absolute Gasteiger partial charge is 0.258 e. The number of fused-ring (bicyclic) bond motifs is 1. The van der Waals surface area contributed by atoms with E-state index in [9.17, 15) is 4.39 Å². The van der Waals surface area contributed by atoms with Crippen LogP contribution in [0.1, 0.15) is 30.2 Å². The highest BCUT2D eigenvalue weighted by atomic mass is 32.1. The lowest BCUT2D eigenvalue weighted by atomic mass is 9.94. The average molecular weight is 491 g/mol. The van der Waals surface area contributed by atoms with E-state index in [1.54, 1.807) is 24.5 Å². The van der Waals surface area contributed by atoms with Crippen molar-refractivity contribution in [1.29, 1.82) is 0 Å². The van der Waals surface area contributed by atoms with E-state index in [1.165, 1.54) is 12.1 Å². The minimum atomic E-state index is -0.490. The topological polar surface area (TPSA) is 85.8 Å². The van der Waals surface area contributed by atoms with E-state index in [1.807, 2.05) is 36.1 Å². The van der Waals surface area contributed by atoms with E-state index in [2.05, 4.69) is 15.5 Å². The van der Waals surface area contributed by atoms with Crippen LogP contribution in [0, 0.1) is 5.82 Å². The molecule has 35 heavy (non-hydrogen) atoms. The predicted octanol–water partition coefficient (Wildman–Crippen LogP) is 5.06. The molecule has 1 atom stereocenters. The number of rotatable bonds is 5. The summed E-state index contributed by atoms with van der Waals surface area (Å²) in [7, 11) is 0. The molecule has 0 saturated carbocycles. The third-order valence-corrected chi connectivity index (χ3v) is 6.30. The van der Waals surface area contributed by atoms with Crippen LogP contribution in [-0.4, -0.2) is 26.9 Å². The van der Waals surface area contributed by atoms with Gasteiger partial charge in [-0.1, -0.05) is 17.3 Å². The highest BCUT2D eigenvalue weighted by Gasteiger charge is 2.34. The van der Waals surface area contributed by atoms with Gasteiger partial charge in [0.2, 0.25) is 12.6 Å². The number of ether oxygens (including phenoxy) is 2. The fourth-order valence-corrected chi connectivity index (χ4v) is 4.55. The molecule has 0 radical (unpaired) electrons. The Morgan fingerprint density at radius 3 is 2.83 bits per heavy atom. The molecule has 1 N–H and O–H groups in total. The van der Waals surface area contributed by atoms with Gasteiger partial charge < -0.3 is 28.6 Å². The Labute approximate surface area is 204 Å². The third kappa shape index (κ3) is 3.91. The van der Waals surface area contributed by atoms with E-state index in [-0.39, 0.29) is 12.6 Å². The number of halogens is 1. The second kappa shape index (κ2) is 8.55. The number of allylic oxidation sites excluding steroid dienone is 1. The van der Waals surface area contributed by atoms with E-state index in [0.29, 0.717) is 46.0 Å². The van der Waals surface area contributed by atoms with Gasteiger partial charge in [0.05, 0.1) is 24.4 Å². The van der Waals surface area contributed by atoms with E-state index >= 15 is 0 Å². The molecule has 0 fully saturated rings. The normalized spacial score (nSPS) is 17.1. The number of aromatic nitrogens is 2. The summed E-state index contributed by atoms with van der Waals surface area (Å²) in [6.07, 6.45) is 1.61. The molecule has 0 aliphatic carbocycles. The van der Waals surface area contributed by atoms with Gasteiger partial charge in [-0.15, -0.1) is 0 Å². The van der Waals surface area contributed by atoms with Crippen molar-refractivity contribution in [3.05, 3.63) is 89.6 Å². The largest absolute Gasteiger partial charge is 0.467 e. The fourth-order valence-electron chi connectivity index (χ4n) is 4.23. The maximum absolute atomic E-state index is 14.1. The van der Waals surface area contributed by atoms with Crippen LogP contribution in [0.15, 0.2) is 75.5 Å². The Balaban J connectivity index is 1.43. The first kappa shape index (κ1) is 21.4. The molecule has 2 aromatic carbocycles. The highest BCUT2D eigenvalue weighted by Crippen LogP contribution is 2.39. The number of hydrogen-bond donors (Lipinski definition) is 1. The van der Waals surface area contributed by atoms with Crippen molar-refractivity contribution in [2.45, 2.75) is 19.5 Å². The van der Waals surface area contributed by atoms with Gasteiger partial charge in [-0.25, -0.2) is 4.39 Å². The second-order valence-corrected chi connectivity index (χ2v) is 8.48. The number of benzene rings is 2. The first-order valence-electron chi connectivity index (χ1n) is 10.9. The molecule has 4 aromatic rings. The molecule has 6 rings (SSSR count). The Morgan fingerprint density at radius 2 is 2.00 bits per heavy atom. The Kier molecular flexibility index (Phi) is 5.22. The molecule has 0 bridgehead atoms. The highest BCUT2D eigenvalue weighted by molar-refractivity contribution is 7.80. The molecular formula is C25H19FN4O4S. The second-order valence-electron chi connectivity index (χ2n) is 8.09. The fraction of sp³-hybridized carbons (Fsp3) is 0.160. The van der Waals surface area contributed by atoms with Gasteiger partial charge >= 0.3 is 0 Å². The van der Waals surface area contributed by atoms with Crippen LogP contribution < -0.4 is 14.8 Å². The Hall–Kier alpha value is -4.18. The zero-order chi connectivity index (χ0) is 23.9. The summed E-state index contributed by atoms with van der Waals surface area (Å²) >= 11 is 5.67. The molecule has 0 amide bonds. The zero-order valence-corrected chi connectivity index (χ0v) is 19.3. The summed E-state index contributed by atoms with van der Waals surface area (Å²) in [6, 6.07) is 15.0. The summed E-state index contributed by atoms with van der Waals surface area (Å²) in [5, 5.41) is 7.99. The minimum Gasteiger partial charge on any atom is -0.467 e. The van der Waals surface area contributed by atoms with Crippen molar-refractivity contribution in [2.75, 3.05) is 6.79 Å². The van der Waals surface area contributed by atoms with Crippen LogP contribution in [-0.2, 0) is 6.54 Å². The van der Waals surface area contributed by atoms with Gasteiger partial charge in [-0.05, 0) is 67.2 Å². The van der Waals surface area contributed by atoms with Crippen molar-refractivity contribution in [3.63, 3.8) is 0 Å². The maximum Gasteiger partial charge on any atom is 0.258 e. The first-order valence-corrected chi connectivity index (χ1v) is 11.3. The molecule has 4 heterocycles. The van der Waals surface area contributed by atoms with Gasteiger partial charge in [0, 0.05) is 11.3 Å². The summed E-state index contributed by atoms with van der Waals surface area (Å²) in [4.78, 5) is 6.57. The van der Waals surface area contributed by atoms with Crippen molar-refractivity contribution in [3.8, 4) is 22.9 Å². The molecular weight excluding hydrogens is 471 g/mol. The monoisotopic (exact) mass is 490 g/mol. The van der Waals surface area contributed by atoms with Crippen LogP contribution in [0.5, 0.6) is 11.5 Å². The average Bonchev–Trinajstić information content (AvgIpc) is 3.63. The standard InChI is InChI=1S/C25H19FN4O4S/c1-14-21(24-28-23(29-34-24)16-7-8-19-20(11-16)33-13-32-19)22(15-4-2-5-17(26)10-15)27-25(35)30(14)12-18-6-3-9-31-18/h2-11,22H,12-13H2,1H3,(H,27,35). The molecule has 2 aliphatic heterocycles. The van der Waals surface area contributed by atoms with Crippen LogP contribution in [0.4, 0.5) is 4.39 Å². The predicted molar refractivity (Wildman–Crippen MR) is 128 cm³/mol. The lowest BCUT2D eigenvalue weighted by Gasteiger charge is -2.37. The molecule has 1 unspecified atom stereocenters. The molecule has 0 spiro atoms. The van der Waals surface area contributed by atoms with Crippen LogP contribution >= 0.6 is 12.2 Å². The molecule has 2 aliphatic rings. The van der Waals surface area contributed by atoms with E-state index < -0.39 is 6.04 Å². The SMILES string of the molecule is CC1=C(c2nc(-c3ccc4c(c3)OCO4)no2)C(c2cccc(F)c2)NC(=S)N1Cc1ccco1. The van der Waals surface area contributed by atoms with E-state index in [0.717, 1.165) is 17.0 Å². The summed E-state index contributed by atoms with van der Waals surface area (Å²) in [6.45, 7) is 2.50. The Morgan fingerprint density at radius 1 is 1.11 bits per heavy atom. The van der Waals surface area contributed by atoms with Crippen LogP contribution in [0.3, 0.4) is 0 Å². The quantitative estimate of drug-likeness (QED) is 0.386. The Bertz CT molecular complexity index is 1450. The lowest BCUT2D eigenvalue weighted by molar-refractivity contribution is 0.174. The molecule has 0 saturated heterocycles. The van der Waals surface area contributed by atoms with Crippen molar-refractivity contribution >= 4 is 22.9 Å². The number of thiocarbonyl (C=S) groups is 1. The van der Waals surface area contributed by atoms with Gasteiger partial charge in [-0.3, -0.25) is 0 Å². The minimum absolute atomic E-state index is 0.175. The third-order valence-electron chi connectivity index (χ3n) is 5.96. The molecule has 10 heteroatoms. The number of furan rings is 1. The van der Waals surface area contributed by atoms with Crippen molar-refractivity contribution in [2.24, 2.45) is 0 Å². The van der Waals surface area contributed by atoms with Crippen LogP contribution in [0.2, 0.25) is 0 Å². The maximum atomic E-state index is 14.1. The van der Waals surface area contributed by atoms with E-state index in [4.69, 9.17) is 30.6 Å². The van der Waals surface area contributed by atoms with Gasteiger partial charge in [0.25, 0.3) is 5.89 Å². The zero-order valence-electron chi connectivity index (χ0n) is 18.5. The molecule has 176 valence electrons. The van der Waals surface area contributed by atoms with Crippen LogP contribution in [0.25, 0.3) is 17.0 Å². The summed E-state index contributed by atoms with van der Waals surface area (Å²) in [5.74, 6) is 2.36. The van der Waals surface area contributed by atoms with Gasteiger partial charge in [0.15, 0.2) is 16.6 Å². The van der Waals surface area contributed by atoms with Gasteiger partial charge in [0.1, 0.15) is 11.6 Å². The summed E-state index contributed by atoms with van der Waals surface area (Å²) in [5.41, 5.74) is 2.88. The van der Waals surface area contributed by atoms with Crippen molar-refractivity contribution < 1.29 is 22.8 Å². The van der Waals surface area contributed by atoms with Gasteiger partial charge in [-0.2, -0.15) is 4.98 Å². The summed E-state index contributed by atoms with van der Waals surface area (Å²) < 4.78 is 36.2. The first-order chi connectivity index (χ1) is 17.1. The lowest BCUT2D eigenvalue weighted by Crippen LogP contribution is -2.45. The van der Waals surface area contributed by atoms with Crippen molar-refractivity contribution in [1.82, 2.24) is 20.4 Å².